The van der Waals surface area contributed by atoms with Gasteiger partial charge >= 0.3 is 0 Å². The number of carbonyl (C=O) groups is 3. The zero-order valence-corrected chi connectivity index (χ0v) is 16.7. The van der Waals surface area contributed by atoms with Gasteiger partial charge < -0.3 is 25.0 Å². The number of amides is 2. The monoisotopic (exact) mass is 420 g/mol. The van der Waals surface area contributed by atoms with Crippen molar-refractivity contribution in [2.24, 2.45) is 0 Å². The van der Waals surface area contributed by atoms with Crippen molar-refractivity contribution in [3.05, 3.63) is 23.4 Å². The van der Waals surface area contributed by atoms with Crippen LogP contribution in [0.3, 0.4) is 0 Å². The maximum atomic E-state index is 12.7. The maximum absolute atomic E-state index is 12.7. The van der Waals surface area contributed by atoms with Gasteiger partial charge in [0.25, 0.3) is 5.91 Å². The van der Waals surface area contributed by atoms with E-state index in [1.165, 1.54) is 13.0 Å². The number of nitrogens with one attached hydrogen (secondary N) is 3. The molecule has 3 atom stereocenters. The van der Waals surface area contributed by atoms with Crippen molar-refractivity contribution in [1.29, 1.82) is 0 Å². The standard InChI is InChI=1S/C19H21ClN4O5/c1-8-15(27)7-29-19(21-8)23-18(28)12-3-11-16-10(5-20)6-24(9(2)25)13(16)4-14(26)17(11)22-12/h3-4,8,10,19,21-22,26H,5-7H2,1-2H3,(H,23,28)/t8-,10?,19?/m0/s1. The number of fused-ring (bicyclic) bond motifs is 3. The summed E-state index contributed by atoms with van der Waals surface area (Å²) in [6.45, 7) is 3.49. The number of H-pyrrole nitrogens is 1. The Hall–Kier alpha value is -2.62. The predicted molar refractivity (Wildman–Crippen MR) is 106 cm³/mol. The highest BCUT2D eigenvalue weighted by molar-refractivity contribution is 6.19. The summed E-state index contributed by atoms with van der Waals surface area (Å²) >= 11 is 6.13. The van der Waals surface area contributed by atoms with Gasteiger partial charge in [-0.25, -0.2) is 0 Å². The molecule has 0 spiro atoms. The summed E-state index contributed by atoms with van der Waals surface area (Å²) in [7, 11) is 0. The molecule has 1 fully saturated rings. The van der Waals surface area contributed by atoms with E-state index in [2.05, 4.69) is 15.6 Å². The molecular weight excluding hydrogens is 400 g/mol. The molecule has 1 saturated heterocycles. The fourth-order valence-electron chi connectivity index (χ4n) is 3.83. The van der Waals surface area contributed by atoms with Crippen molar-refractivity contribution in [3.63, 3.8) is 0 Å². The first-order valence-electron chi connectivity index (χ1n) is 9.24. The lowest BCUT2D eigenvalue weighted by molar-refractivity contribution is -0.137. The number of hydrogen-bond donors (Lipinski definition) is 4. The molecule has 0 saturated carbocycles. The Morgan fingerprint density at radius 1 is 1.41 bits per heavy atom. The third kappa shape index (κ3) is 3.35. The average molecular weight is 421 g/mol. The van der Waals surface area contributed by atoms with Gasteiger partial charge in [-0.3, -0.25) is 19.7 Å². The molecule has 2 amide bonds. The summed E-state index contributed by atoms with van der Waals surface area (Å²) in [6.07, 6.45) is -0.801. The number of carbonyl (C=O) groups excluding carboxylic acids is 3. The fraction of sp³-hybridized carbons (Fsp3) is 0.421. The summed E-state index contributed by atoms with van der Waals surface area (Å²) < 4.78 is 5.28. The van der Waals surface area contributed by atoms with Gasteiger partial charge in [-0.05, 0) is 18.6 Å². The zero-order valence-electron chi connectivity index (χ0n) is 15.9. The van der Waals surface area contributed by atoms with Crippen molar-refractivity contribution in [2.75, 3.05) is 23.9 Å². The molecule has 0 aliphatic carbocycles. The van der Waals surface area contributed by atoms with Gasteiger partial charge in [0, 0.05) is 36.7 Å². The Morgan fingerprint density at radius 3 is 2.83 bits per heavy atom. The lowest BCUT2D eigenvalue weighted by atomic mass is 9.98. The van der Waals surface area contributed by atoms with E-state index in [0.29, 0.717) is 29.0 Å². The highest BCUT2D eigenvalue weighted by atomic mass is 35.5. The van der Waals surface area contributed by atoms with Crippen LogP contribution in [-0.4, -0.2) is 59.1 Å². The number of phenolic OH excluding ortho intramolecular Hbond substituents is 1. The Morgan fingerprint density at radius 2 is 2.17 bits per heavy atom. The largest absolute Gasteiger partial charge is 0.506 e. The van der Waals surface area contributed by atoms with E-state index in [1.54, 1.807) is 17.9 Å². The number of aromatic nitrogens is 1. The first kappa shape index (κ1) is 19.7. The number of alkyl halides is 1. The first-order valence-corrected chi connectivity index (χ1v) is 9.77. The van der Waals surface area contributed by atoms with E-state index in [0.717, 1.165) is 5.56 Å². The normalized spacial score (nSPS) is 24.0. The van der Waals surface area contributed by atoms with E-state index in [4.69, 9.17) is 16.3 Å². The number of ether oxygens (including phenoxy) is 1. The Bertz CT molecular complexity index is 1020. The second kappa shape index (κ2) is 7.33. The SMILES string of the molecule is CC(=O)N1CC(CCl)c2c1cc(O)c1[nH]c(C(=O)NC3N[C@@H](C)C(=O)CO3)cc21. The summed E-state index contributed by atoms with van der Waals surface area (Å²) in [5.41, 5.74) is 2.04. The van der Waals surface area contributed by atoms with Gasteiger partial charge in [-0.2, -0.15) is 0 Å². The number of ketones is 1. The minimum absolute atomic E-state index is 0.0643. The summed E-state index contributed by atoms with van der Waals surface area (Å²) in [5.74, 6) is -0.572. The molecule has 2 aromatic rings. The maximum Gasteiger partial charge on any atom is 0.270 e. The number of benzene rings is 1. The molecule has 0 bridgehead atoms. The molecule has 0 radical (unpaired) electrons. The van der Waals surface area contributed by atoms with Crippen LogP contribution in [0.1, 0.15) is 35.8 Å². The average Bonchev–Trinajstić information content (AvgIpc) is 3.26. The molecule has 1 aromatic heterocycles. The minimum atomic E-state index is -0.801. The van der Waals surface area contributed by atoms with Crippen molar-refractivity contribution >= 4 is 45.8 Å². The smallest absolute Gasteiger partial charge is 0.270 e. The third-order valence-corrected chi connectivity index (χ3v) is 5.74. The third-order valence-electron chi connectivity index (χ3n) is 5.37. The molecule has 3 heterocycles. The number of rotatable bonds is 3. The van der Waals surface area contributed by atoms with Crippen molar-refractivity contribution < 1.29 is 24.2 Å². The van der Waals surface area contributed by atoms with E-state index >= 15 is 0 Å². The van der Waals surface area contributed by atoms with Crippen LogP contribution >= 0.6 is 11.6 Å². The number of aromatic hydroxyl groups is 1. The Balaban J connectivity index is 1.68. The number of Topliss-reactive ketones (excluding diaryl/α,β-unsaturated/α-hetero) is 1. The van der Waals surface area contributed by atoms with Crippen LogP contribution < -0.4 is 15.5 Å². The summed E-state index contributed by atoms with van der Waals surface area (Å²) in [6, 6.07) is 2.72. The minimum Gasteiger partial charge on any atom is -0.506 e. The molecule has 9 nitrogen and oxygen atoms in total. The van der Waals surface area contributed by atoms with Crippen LogP contribution in [0.5, 0.6) is 5.75 Å². The van der Waals surface area contributed by atoms with E-state index < -0.39 is 18.3 Å². The highest BCUT2D eigenvalue weighted by Gasteiger charge is 2.34. The Labute approximate surface area is 171 Å². The van der Waals surface area contributed by atoms with Crippen LogP contribution in [0.4, 0.5) is 5.69 Å². The van der Waals surface area contributed by atoms with Crippen molar-refractivity contribution in [3.8, 4) is 5.75 Å². The number of nitrogens with zero attached hydrogens (tertiary/aromatic N) is 1. The molecule has 2 aliphatic heterocycles. The molecule has 29 heavy (non-hydrogen) atoms. The second-order valence-corrected chi connectivity index (χ2v) is 7.61. The molecular formula is C19H21ClN4O5. The zero-order chi connectivity index (χ0) is 20.9. The first-order chi connectivity index (χ1) is 13.8. The van der Waals surface area contributed by atoms with Crippen molar-refractivity contribution in [1.82, 2.24) is 15.6 Å². The number of halogens is 1. The quantitative estimate of drug-likeness (QED) is 0.552. The van der Waals surface area contributed by atoms with Gasteiger partial charge in [0.1, 0.15) is 18.1 Å². The number of phenols is 1. The van der Waals surface area contributed by atoms with E-state index in [9.17, 15) is 19.5 Å². The summed E-state index contributed by atoms with van der Waals surface area (Å²) in [4.78, 5) is 40.7. The number of anilines is 1. The van der Waals surface area contributed by atoms with Crippen LogP contribution in [0.15, 0.2) is 12.1 Å². The molecule has 4 rings (SSSR count). The Kier molecular flexibility index (Phi) is 4.97. The van der Waals surface area contributed by atoms with Crippen molar-refractivity contribution in [2.45, 2.75) is 32.2 Å². The van der Waals surface area contributed by atoms with Crippen LogP contribution in [0.25, 0.3) is 10.9 Å². The second-order valence-electron chi connectivity index (χ2n) is 7.30. The molecule has 10 heteroatoms. The van der Waals surface area contributed by atoms with Crippen LogP contribution in [0, 0.1) is 0 Å². The van der Waals surface area contributed by atoms with E-state index in [-0.39, 0.29) is 35.7 Å². The number of aromatic amines is 1. The van der Waals surface area contributed by atoms with Crippen LogP contribution in [0.2, 0.25) is 0 Å². The molecule has 2 aliphatic rings. The van der Waals surface area contributed by atoms with E-state index in [1.807, 2.05) is 0 Å². The lowest BCUT2D eigenvalue weighted by Gasteiger charge is -2.28. The number of hydrogen-bond acceptors (Lipinski definition) is 6. The molecule has 4 N–H and O–H groups in total. The van der Waals surface area contributed by atoms with Crippen LogP contribution in [-0.2, 0) is 14.3 Å². The molecule has 1 aromatic carbocycles. The highest BCUT2D eigenvalue weighted by Crippen LogP contribution is 2.45. The van der Waals surface area contributed by atoms with Gasteiger partial charge in [-0.1, -0.05) is 0 Å². The molecule has 2 unspecified atom stereocenters. The fourth-order valence-corrected chi connectivity index (χ4v) is 4.09. The van der Waals surface area contributed by atoms with Gasteiger partial charge in [0.2, 0.25) is 5.91 Å². The lowest BCUT2D eigenvalue weighted by Crippen LogP contribution is -2.57. The van der Waals surface area contributed by atoms with Gasteiger partial charge in [-0.15, -0.1) is 11.6 Å². The summed E-state index contributed by atoms with van der Waals surface area (Å²) in [5, 5.41) is 16.6. The topological polar surface area (TPSA) is 124 Å². The van der Waals surface area contributed by atoms with Gasteiger partial charge in [0.05, 0.1) is 17.2 Å². The predicted octanol–water partition coefficient (Wildman–Crippen LogP) is 1.15. The van der Waals surface area contributed by atoms with Gasteiger partial charge in [0.15, 0.2) is 12.1 Å². The molecule has 154 valence electrons.